The maximum atomic E-state index is 12.1. The van der Waals surface area contributed by atoms with Gasteiger partial charge in [0.15, 0.2) is 0 Å². The Kier molecular flexibility index (Phi) is 3.91. The van der Waals surface area contributed by atoms with Crippen molar-refractivity contribution in [2.75, 3.05) is 0 Å². The van der Waals surface area contributed by atoms with E-state index in [0.717, 1.165) is 6.92 Å². The fourth-order valence-electron chi connectivity index (χ4n) is 0.809. The van der Waals surface area contributed by atoms with Crippen LogP contribution in [-0.4, -0.2) is 29.2 Å². The van der Waals surface area contributed by atoms with Crippen LogP contribution in [0, 0.1) is 5.92 Å². The molecule has 0 rings (SSSR count). The van der Waals surface area contributed by atoms with Crippen LogP contribution in [0.5, 0.6) is 0 Å². The Morgan fingerprint density at radius 2 is 1.79 bits per heavy atom. The highest BCUT2D eigenvalue weighted by Crippen LogP contribution is 2.28. The summed E-state index contributed by atoms with van der Waals surface area (Å²) in [6.45, 7) is 1.66. The molecule has 1 amide bonds. The van der Waals surface area contributed by atoms with Crippen molar-refractivity contribution in [2.45, 2.75) is 26.1 Å². The smallest absolute Gasteiger partial charge is 0.394 e. The van der Waals surface area contributed by atoms with Crippen LogP contribution < -0.4 is 5.32 Å². The van der Waals surface area contributed by atoms with E-state index < -0.39 is 30.0 Å². The van der Waals surface area contributed by atoms with Crippen molar-refractivity contribution in [3.05, 3.63) is 0 Å². The minimum absolute atomic E-state index is 0.703. The van der Waals surface area contributed by atoms with Gasteiger partial charge in [-0.2, -0.15) is 13.2 Å². The van der Waals surface area contributed by atoms with Gasteiger partial charge in [-0.15, -0.1) is 0 Å². The largest absolute Gasteiger partial charge is 0.480 e. The SMILES string of the molecule is CC(=O)N[C@H](C(=O)O)[C@@H](C)C(F)(F)F. The van der Waals surface area contributed by atoms with Gasteiger partial charge in [0.1, 0.15) is 6.04 Å². The van der Waals surface area contributed by atoms with Gasteiger partial charge in [-0.25, -0.2) is 4.79 Å². The molecule has 0 unspecified atom stereocenters. The summed E-state index contributed by atoms with van der Waals surface area (Å²) < 4.78 is 36.3. The zero-order valence-corrected chi connectivity index (χ0v) is 7.55. The lowest BCUT2D eigenvalue weighted by Gasteiger charge is -2.22. The lowest BCUT2D eigenvalue weighted by Crippen LogP contribution is -2.48. The molecule has 7 heteroatoms. The molecule has 2 atom stereocenters. The Labute approximate surface area is 78.1 Å². The minimum atomic E-state index is -4.65. The van der Waals surface area contributed by atoms with E-state index in [-0.39, 0.29) is 0 Å². The topological polar surface area (TPSA) is 66.4 Å². The zero-order chi connectivity index (χ0) is 11.5. The molecule has 4 nitrogen and oxygen atoms in total. The number of hydrogen-bond donors (Lipinski definition) is 2. The molecular weight excluding hydrogens is 203 g/mol. The first-order valence-electron chi connectivity index (χ1n) is 3.73. The number of nitrogens with one attached hydrogen (secondary N) is 1. The molecule has 0 heterocycles. The van der Waals surface area contributed by atoms with E-state index in [1.54, 1.807) is 5.32 Å². The van der Waals surface area contributed by atoms with Gasteiger partial charge in [0, 0.05) is 6.92 Å². The van der Waals surface area contributed by atoms with Gasteiger partial charge in [0.2, 0.25) is 5.91 Å². The first kappa shape index (κ1) is 12.7. The molecule has 2 N–H and O–H groups in total. The Morgan fingerprint density at radius 1 is 1.36 bits per heavy atom. The minimum Gasteiger partial charge on any atom is -0.480 e. The van der Waals surface area contributed by atoms with Crippen LogP contribution in [-0.2, 0) is 9.59 Å². The number of halogens is 3. The van der Waals surface area contributed by atoms with Crippen LogP contribution in [0.2, 0.25) is 0 Å². The summed E-state index contributed by atoms with van der Waals surface area (Å²) in [4.78, 5) is 20.9. The van der Waals surface area contributed by atoms with Gasteiger partial charge < -0.3 is 10.4 Å². The molecule has 0 aliphatic carbocycles. The Hall–Kier alpha value is -1.27. The molecule has 0 aromatic rings. The second-order valence-corrected chi connectivity index (χ2v) is 2.85. The van der Waals surface area contributed by atoms with Crippen LogP contribution in [0.4, 0.5) is 13.2 Å². The highest BCUT2D eigenvalue weighted by atomic mass is 19.4. The molecule has 0 spiro atoms. The van der Waals surface area contributed by atoms with Crippen molar-refractivity contribution in [2.24, 2.45) is 5.92 Å². The Morgan fingerprint density at radius 3 is 2.00 bits per heavy atom. The van der Waals surface area contributed by atoms with Crippen LogP contribution >= 0.6 is 0 Å². The lowest BCUT2D eigenvalue weighted by atomic mass is 10.0. The quantitative estimate of drug-likeness (QED) is 0.727. The number of carbonyl (C=O) groups is 2. The van der Waals surface area contributed by atoms with E-state index in [1.165, 1.54) is 0 Å². The lowest BCUT2D eigenvalue weighted by molar-refractivity contribution is -0.185. The van der Waals surface area contributed by atoms with Crippen molar-refractivity contribution in [3.63, 3.8) is 0 Å². The van der Waals surface area contributed by atoms with E-state index in [2.05, 4.69) is 0 Å². The summed E-state index contributed by atoms with van der Waals surface area (Å²) in [5.74, 6) is -4.64. The summed E-state index contributed by atoms with van der Waals surface area (Å²) in [5.41, 5.74) is 0. The summed E-state index contributed by atoms with van der Waals surface area (Å²) in [5, 5.41) is 10.2. The number of aliphatic carboxylic acids is 1. The van der Waals surface area contributed by atoms with Gasteiger partial charge >= 0.3 is 12.1 Å². The van der Waals surface area contributed by atoms with Gasteiger partial charge in [0.25, 0.3) is 0 Å². The highest BCUT2D eigenvalue weighted by Gasteiger charge is 2.44. The average molecular weight is 213 g/mol. The van der Waals surface area contributed by atoms with Crippen molar-refractivity contribution < 1.29 is 27.9 Å². The maximum Gasteiger partial charge on any atom is 0.394 e. The third kappa shape index (κ3) is 3.63. The van der Waals surface area contributed by atoms with Gasteiger partial charge in [-0.05, 0) is 0 Å². The molecule has 0 aromatic carbocycles. The summed E-state index contributed by atoms with van der Waals surface area (Å²) in [6.07, 6.45) is -4.65. The fraction of sp³-hybridized carbons (Fsp3) is 0.714. The fourth-order valence-corrected chi connectivity index (χ4v) is 0.809. The second-order valence-electron chi connectivity index (χ2n) is 2.85. The molecule has 0 aliphatic heterocycles. The summed E-state index contributed by atoms with van der Waals surface area (Å²) in [7, 11) is 0. The van der Waals surface area contributed by atoms with Crippen LogP contribution in [0.3, 0.4) is 0 Å². The number of hydrogen-bond acceptors (Lipinski definition) is 2. The van der Waals surface area contributed by atoms with E-state index in [9.17, 15) is 22.8 Å². The molecule has 14 heavy (non-hydrogen) atoms. The third-order valence-electron chi connectivity index (χ3n) is 1.64. The molecule has 0 saturated carbocycles. The molecule has 0 bridgehead atoms. The van der Waals surface area contributed by atoms with Gasteiger partial charge in [-0.1, -0.05) is 6.92 Å². The predicted octanol–water partition coefficient (Wildman–Crippen LogP) is 0.774. The number of carbonyl (C=O) groups excluding carboxylic acids is 1. The van der Waals surface area contributed by atoms with Crippen molar-refractivity contribution in [3.8, 4) is 0 Å². The normalized spacial score (nSPS) is 15.8. The molecular formula is C7H10F3NO3. The van der Waals surface area contributed by atoms with E-state index in [1.807, 2.05) is 0 Å². The Balaban J connectivity index is 4.66. The number of alkyl halides is 3. The molecule has 0 radical (unpaired) electrons. The van der Waals surface area contributed by atoms with Gasteiger partial charge in [-0.3, -0.25) is 4.79 Å². The second kappa shape index (κ2) is 4.30. The summed E-state index contributed by atoms with van der Waals surface area (Å²) >= 11 is 0. The van der Waals surface area contributed by atoms with Crippen molar-refractivity contribution in [1.82, 2.24) is 5.32 Å². The highest BCUT2D eigenvalue weighted by molar-refractivity contribution is 5.82. The molecule has 0 aliphatic rings. The van der Waals surface area contributed by atoms with Crippen LogP contribution in [0.15, 0.2) is 0 Å². The number of amides is 1. The van der Waals surface area contributed by atoms with Gasteiger partial charge in [0.05, 0.1) is 5.92 Å². The monoisotopic (exact) mass is 213 g/mol. The predicted molar refractivity (Wildman–Crippen MR) is 40.5 cm³/mol. The van der Waals surface area contributed by atoms with E-state index in [0.29, 0.717) is 6.92 Å². The number of rotatable bonds is 3. The maximum absolute atomic E-state index is 12.1. The molecule has 0 saturated heterocycles. The number of carboxylic acid groups (broad SMARTS) is 1. The van der Waals surface area contributed by atoms with Crippen molar-refractivity contribution in [1.29, 1.82) is 0 Å². The average Bonchev–Trinajstić information content (AvgIpc) is 1.96. The molecule has 82 valence electrons. The first-order valence-corrected chi connectivity index (χ1v) is 3.73. The zero-order valence-electron chi connectivity index (χ0n) is 7.55. The first-order chi connectivity index (χ1) is 6.16. The van der Waals surface area contributed by atoms with E-state index >= 15 is 0 Å². The Bertz CT molecular complexity index is 239. The molecule has 0 fully saturated rings. The van der Waals surface area contributed by atoms with Crippen LogP contribution in [0.1, 0.15) is 13.8 Å². The molecule has 0 aromatic heterocycles. The summed E-state index contributed by atoms with van der Waals surface area (Å²) in [6, 6.07) is -1.94. The third-order valence-corrected chi connectivity index (χ3v) is 1.64. The van der Waals surface area contributed by atoms with Crippen LogP contribution in [0.25, 0.3) is 0 Å². The van der Waals surface area contributed by atoms with E-state index in [4.69, 9.17) is 5.11 Å². The van der Waals surface area contributed by atoms with Crippen molar-refractivity contribution >= 4 is 11.9 Å². The standard InChI is InChI=1S/C7H10F3NO3/c1-3(7(8,9)10)5(6(13)14)11-4(2)12/h3,5H,1-2H3,(H,11,12)(H,13,14)/t3-,5+/m1/s1. The number of carboxylic acids is 1.